The minimum Gasteiger partial charge on any atom is -0.292 e. The molecule has 5 heteroatoms. The van der Waals surface area contributed by atoms with Crippen molar-refractivity contribution in [1.29, 1.82) is 0 Å². The summed E-state index contributed by atoms with van der Waals surface area (Å²) in [6, 6.07) is 4.19. The van der Waals surface area contributed by atoms with E-state index in [9.17, 15) is 4.79 Å². The second-order valence-electron chi connectivity index (χ2n) is 3.21. The van der Waals surface area contributed by atoms with Gasteiger partial charge in [-0.25, -0.2) is 5.43 Å². The summed E-state index contributed by atoms with van der Waals surface area (Å²) in [4.78, 5) is 12.5. The Labute approximate surface area is 102 Å². The van der Waals surface area contributed by atoms with Crippen LogP contribution in [-0.2, 0) is 11.2 Å². The van der Waals surface area contributed by atoms with Crippen molar-refractivity contribution in [2.75, 3.05) is 7.05 Å². The fraction of sp³-hybridized carbons (Fsp3) is 0.500. The molecule has 0 fully saturated rings. The third-order valence-corrected chi connectivity index (χ3v) is 3.65. The van der Waals surface area contributed by atoms with Crippen molar-refractivity contribution in [1.82, 2.24) is 10.9 Å². The van der Waals surface area contributed by atoms with Crippen LogP contribution in [-0.4, -0.2) is 13.0 Å². The standard InChI is InChI=1S/C10H15BrN2OS/c1-12-13-10(14)5-3-2-4-8-6-7-9(11)15-8/h6-7,12H,2-5H2,1H3,(H,13,14). The molecular weight excluding hydrogens is 276 g/mol. The van der Waals surface area contributed by atoms with Gasteiger partial charge in [0.05, 0.1) is 3.79 Å². The van der Waals surface area contributed by atoms with E-state index in [4.69, 9.17) is 0 Å². The molecule has 0 aromatic carbocycles. The highest BCUT2D eigenvalue weighted by Gasteiger charge is 2.01. The molecule has 2 N–H and O–H groups in total. The number of thiophene rings is 1. The predicted octanol–water partition coefficient (Wildman–Crippen LogP) is 2.47. The highest BCUT2D eigenvalue weighted by molar-refractivity contribution is 9.11. The summed E-state index contributed by atoms with van der Waals surface area (Å²) in [7, 11) is 1.70. The summed E-state index contributed by atoms with van der Waals surface area (Å²) >= 11 is 5.19. The van der Waals surface area contributed by atoms with Gasteiger partial charge in [0.25, 0.3) is 0 Å². The number of halogens is 1. The summed E-state index contributed by atoms with van der Waals surface area (Å²) < 4.78 is 1.17. The van der Waals surface area contributed by atoms with Gasteiger partial charge in [-0.1, -0.05) is 0 Å². The third kappa shape index (κ3) is 5.30. The number of aryl methyl sites for hydroxylation is 1. The lowest BCUT2D eigenvalue weighted by Gasteiger charge is -2.01. The van der Waals surface area contributed by atoms with Gasteiger partial charge >= 0.3 is 0 Å². The molecule has 0 aliphatic carbocycles. The fourth-order valence-corrected chi connectivity index (χ4v) is 2.80. The molecule has 1 aromatic rings. The quantitative estimate of drug-likeness (QED) is 0.624. The van der Waals surface area contributed by atoms with E-state index in [1.54, 1.807) is 18.4 Å². The summed E-state index contributed by atoms with van der Waals surface area (Å²) in [5, 5.41) is 0. The second-order valence-corrected chi connectivity index (χ2v) is 5.76. The van der Waals surface area contributed by atoms with Crippen LogP contribution < -0.4 is 10.9 Å². The lowest BCUT2D eigenvalue weighted by molar-refractivity contribution is -0.122. The smallest absolute Gasteiger partial charge is 0.234 e. The Bertz CT molecular complexity index is 314. The Kier molecular flexibility index (Phi) is 5.90. The van der Waals surface area contributed by atoms with E-state index in [0.29, 0.717) is 6.42 Å². The maximum atomic E-state index is 11.1. The number of hydrogen-bond acceptors (Lipinski definition) is 3. The summed E-state index contributed by atoms with van der Waals surface area (Å²) in [6.07, 6.45) is 3.64. The number of carbonyl (C=O) groups is 1. The molecule has 0 unspecified atom stereocenters. The first-order chi connectivity index (χ1) is 7.22. The molecule has 0 spiro atoms. The Balaban J connectivity index is 2.09. The Morgan fingerprint density at radius 3 is 2.87 bits per heavy atom. The molecule has 1 aromatic heterocycles. The van der Waals surface area contributed by atoms with Gasteiger partial charge in [-0.2, -0.15) is 0 Å². The van der Waals surface area contributed by atoms with Gasteiger partial charge in [-0.3, -0.25) is 10.2 Å². The van der Waals surface area contributed by atoms with Crippen molar-refractivity contribution in [3.8, 4) is 0 Å². The minimum atomic E-state index is 0.0601. The van der Waals surface area contributed by atoms with Gasteiger partial charge < -0.3 is 0 Å². The van der Waals surface area contributed by atoms with E-state index in [-0.39, 0.29) is 5.91 Å². The maximum Gasteiger partial charge on any atom is 0.234 e. The van der Waals surface area contributed by atoms with Crippen molar-refractivity contribution in [3.63, 3.8) is 0 Å². The molecule has 0 bridgehead atoms. The van der Waals surface area contributed by atoms with Crippen LogP contribution in [0, 0.1) is 0 Å². The first-order valence-corrected chi connectivity index (χ1v) is 6.53. The molecular formula is C10H15BrN2OS. The molecule has 0 saturated carbocycles. The topological polar surface area (TPSA) is 41.1 Å². The molecule has 1 amide bonds. The van der Waals surface area contributed by atoms with Crippen LogP contribution in [0.25, 0.3) is 0 Å². The first kappa shape index (κ1) is 12.7. The van der Waals surface area contributed by atoms with E-state index in [1.807, 2.05) is 0 Å². The molecule has 15 heavy (non-hydrogen) atoms. The number of unbranched alkanes of at least 4 members (excludes halogenated alkanes) is 1. The van der Waals surface area contributed by atoms with Gasteiger partial charge in [0.1, 0.15) is 0 Å². The number of rotatable bonds is 6. The predicted molar refractivity (Wildman–Crippen MR) is 66.8 cm³/mol. The van der Waals surface area contributed by atoms with E-state index in [0.717, 1.165) is 19.3 Å². The van der Waals surface area contributed by atoms with Crippen molar-refractivity contribution in [2.45, 2.75) is 25.7 Å². The molecule has 1 rings (SSSR count). The van der Waals surface area contributed by atoms with Crippen molar-refractivity contribution in [2.24, 2.45) is 0 Å². The molecule has 0 radical (unpaired) electrons. The maximum absolute atomic E-state index is 11.1. The molecule has 84 valence electrons. The molecule has 0 aliphatic rings. The van der Waals surface area contributed by atoms with Crippen LogP contribution in [0.1, 0.15) is 24.1 Å². The normalized spacial score (nSPS) is 10.3. The van der Waals surface area contributed by atoms with E-state index < -0.39 is 0 Å². The minimum absolute atomic E-state index is 0.0601. The number of hydrazine groups is 1. The van der Waals surface area contributed by atoms with E-state index in [2.05, 4.69) is 38.9 Å². The van der Waals surface area contributed by atoms with Gasteiger partial charge in [0, 0.05) is 18.3 Å². The molecule has 3 nitrogen and oxygen atoms in total. The summed E-state index contributed by atoms with van der Waals surface area (Å²) in [6.45, 7) is 0. The second kappa shape index (κ2) is 6.98. The van der Waals surface area contributed by atoms with Gasteiger partial charge in [0.2, 0.25) is 5.91 Å². The summed E-state index contributed by atoms with van der Waals surface area (Å²) in [5.74, 6) is 0.0601. The monoisotopic (exact) mass is 290 g/mol. The lowest BCUT2D eigenvalue weighted by atomic mass is 10.2. The Hall–Kier alpha value is -0.390. The molecule has 0 saturated heterocycles. The van der Waals surface area contributed by atoms with Crippen LogP contribution in [0.15, 0.2) is 15.9 Å². The van der Waals surface area contributed by atoms with Crippen molar-refractivity contribution in [3.05, 3.63) is 20.8 Å². The average molecular weight is 291 g/mol. The fourth-order valence-electron chi connectivity index (χ4n) is 1.27. The first-order valence-electron chi connectivity index (χ1n) is 4.92. The highest BCUT2D eigenvalue weighted by Crippen LogP contribution is 2.23. The number of nitrogens with one attached hydrogen (secondary N) is 2. The largest absolute Gasteiger partial charge is 0.292 e. The van der Waals surface area contributed by atoms with Gasteiger partial charge in [-0.05, 0) is 47.3 Å². The van der Waals surface area contributed by atoms with Gasteiger partial charge in [-0.15, -0.1) is 11.3 Å². The molecule has 0 aliphatic heterocycles. The highest BCUT2D eigenvalue weighted by atomic mass is 79.9. The van der Waals surface area contributed by atoms with E-state index >= 15 is 0 Å². The lowest BCUT2D eigenvalue weighted by Crippen LogP contribution is -2.33. The zero-order chi connectivity index (χ0) is 11.1. The Morgan fingerprint density at radius 1 is 1.47 bits per heavy atom. The van der Waals surface area contributed by atoms with E-state index in [1.165, 1.54) is 8.66 Å². The number of hydrogen-bond donors (Lipinski definition) is 2. The van der Waals surface area contributed by atoms with Crippen LogP contribution in [0.5, 0.6) is 0 Å². The van der Waals surface area contributed by atoms with Crippen molar-refractivity contribution >= 4 is 33.2 Å². The van der Waals surface area contributed by atoms with Crippen LogP contribution in [0.2, 0.25) is 0 Å². The number of carbonyl (C=O) groups excluding carboxylic acids is 1. The number of amides is 1. The zero-order valence-electron chi connectivity index (χ0n) is 8.68. The van der Waals surface area contributed by atoms with Crippen LogP contribution >= 0.6 is 27.3 Å². The third-order valence-electron chi connectivity index (χ3n) is 1.97. The molecule has 1 heterocycles. The van der Waals surface area contributed by atoms with Crippen molar-refractivity contribution < 1.29 is 4.79 Å². The van der Waals surface area contributed by atoms with Crippen LogP contribution in [0.3, 0.4) is 0 Å². The molecule has 0 atom stereocenters. The average Bonchev–Trinajstić information content (AvgIpc) is 2.60. The Morgan fingerprint density at radius 2 is 2.27 bits per heavy atom. The zero-order valence-corrected chi connectivity index (χ0v) is 11.1. The van der Waals surface area contributed by atoms with Gasteiger partial charge in [0.15, 0.2) is 0 Å². The SMILES string of the molecule is CNNC(=O)CCCCc1ccc(Br)s1. The summed E-state index contributed by atoms with van der Waals surface area (Å²) in [5.41, 5.74) is 5.18. The van der Waals surface area contributed by atoms with Crippen LogP contribution in [0.4, 0.5) is 0 Å².